The number of hydrogen-bond acceptors (Lipinski definition) is 1. The van der Waals surface area contributed by atoms with Gasteiger partial charge in [0.2, 0.25) is 0 Å². The summed E-state index contributed by atoms with van der Waals surface area (Å²) >= 11 is 5.95. The summed E-state index contributed by atoms with van der Waals surface area (Å²) in [6.07, 6.45) is 0. The molecule has 0 atom stereocenters. The second kappa shape index (κ2) is 7.15. The third-order valence-corrected chi connectivity index (χ3v) is 0. The maximum absolute atomic E-state index is 8.88. The predicted molar refractivity (Wildman–Crippen MR) is 30.7 cm³/mol. The van der Waals surface area contributed by atoms with Gasteiger partial charge < -0.3 is 14.7 Å². The van der Waals surface area contributed by atoms with Gasteiger partial charge in [0, 0.05) is 0 Å². The van der Waals surface area contributed by atoms with Gasteiger partial charge in [0.1, 0.15) is 0 Å². The number of phosphoric acid groups is 1. The van der Waals surface area contributed by atoms with Crippen LogP contribution in [0.15, 0.2) is 0 Å². The summed E-state index contributed by atoms with van der Waals surface area (Å²) in [6.45, 7) is 0. The van der Waals surface area contributed by atoms with E-state index >= 15 is 0 Å². The standard InChI is InChI=1S/CH2Cl.K.H3O4P/c1-2;;1-5(2,3)4/h1H2;;(H3,1,2,3,4). The van der Waals surface area contributed by atoms with Gasteiger partial charge >= 0.3 is 68.4 Å². The Kier molecular flexibility index (Phi) is 11.3. The smallest absolute Gasteiger partial charge is 0.303 e. The molecule has 7 heteroatoms. The van der Waals surface area contributed by atoms with Gasteiger partial charge in [-0.15, -0.1) is 0 Å². The maximum Gasteiger partial charge on any atom is 0.466 e. The molecule has 0 fully saturated rings. The quantitative estimate of drug-likeness (QED) is 0.269. The van der Waals surface area contributed by atoms with Crippen LogP contribution in [0, 0.1) is 0 Å². The van der Waals surface area contributed by atoms with Crippen LogP contribution in [0.4, 0.5) is 0 Å². The first-order chi connectivity index (χ1) is 3.41. The minimum atomic E-state index is -4.64. The summed E-state index contributed by atoms with van der Waals surface area (Å²) in [5, 5.41) is 0. The minimum absolute atomic E-state index is 0.870. The first-order valence-electron chi connectivity index (χ1n) is 1.76. The second-order valence-electron chi connectivity index (χ2n) is 0.781. The summed E-state index contributed by atoms with van der Waals surface area (Å²) < 4.78 is 9.79. The Balaban J connectivity index is 0. The van der Waals surface area contributed by atoms with Crippen LogP contribution < -0.4 is 0 Å². The van der Waals surface area contributed by atoms with E-state index in [9.17, 15) is 0 Å². The fourth-order valence-electron chi connectivity index (χ4n) is 0. The van der Waals surface area contributed by atoms with Gasteiger partial charge in [-0.2, -0.15) is 0 Å². The van der Waals surface area contributed by atoms with Crippen LogP contribution in [0.5, 0.6) is 0 Å². The molecule has 0 unspecified atom stereocenters. The molecule has 0 saturated heterocycles. The Labute approximate surface area is 86.1 Å². The van der Waals surface area contributed by atoms with Gasteiger partial charge in [0.25, 0.3) is 0 Å². The van der Waals surface area contributed by atoms with Crippen molar-refractivity contribution in [3.8, 4) is 0 Å². The topological polar surface area (TPSA) is 77.8 Å². The molecule has 0 radical (unpaired) electrons. The fraction of sp³-hybridized carbons (Fsp3) is 1.00. The molecule has 0 heterocycles. The number of hydrogen-bond donors (Lipinski definition) is 3. The molecule has 46 valence electrons. The molecule has 0 aromatic heterocycles. The molecule has 0 amide bonds. The van der Waals surface area contributed by atoms with E-state index in [1.165, 1.54) is 0 Å². The van der Waals surface area contributed by atoms with Crippen LogP contribution in [0.2, 0.25) is 0 Å². The molecule has 0 aromatic carbocycles. The normalized spacial score (nSPS) is 9.75. The van der Waals surface area contributed by atoms with E-state index in [0.29, 0.717) is 0 Å². The van der Waals surface area contributed by atoms with E-state index in [1.54, 1.807) is 0 Å². The van der Waals surface area contributed by atoms with Crippen molar-refractivity contribution in [1.29, 1.82) is 0 Å². The molecule has 0 spiro atoms. The van der Waals surface area contributed by atoms with Crippen molar-refractivity contribution in [3.05, 3.63) is 0 Å². The van der Waals surface area contributed by atoms with Gasteiger partial charge in [-0.3, -0.25) is 0 Å². The van der Waals surface area contributed by atoms with E-state index < -0.39 is 7.82 Å². The molecule has 0 aliphatic heterocycles. The SMILES string of the molecule is Cl[CH2][K].O=P(O)(O)O. The predicted octanol–water partition coefficient (Wildman–Crippen LogP) is -0.577. The average molecular weight is 187 g/mol. The monoisotopic (exact) mass is 186 g/mol. The summed E-state index contributed by atoms with van der Waals surface area (Å²) in [5.41, 5.74) is 0. The average Bonchev–Trinajstić information content (AvgIpc) is 1.27. The van der Waals surface area contributed by atoms with Crippen LogP contribution in [-0.4, -0.2) is 63.6 Å². The maximum atomic E-state index is 8.88. The van der Waals surface area contributed by atoms with E-state index in [1.807, 2.05) is 0 Å². The van der Waals surface area contributed by atoms with Crippen molar-refractivity contribution in [2.75, 3.05) is -0.0254 Å². The Morgan fingerprint density at radius 2 is 1.50 bits per heavy atom. The van der Waals surface area contributed by atoms with Gasteiger partial charge in [-0.05, 0) is 0 Å². The van der Waals surface area contributed by atoms with Crippen molar-refractivity contribution in [2.24, 2.45) is 0 Å². The Bertz CT molecular complexity index is 71.8. The molecular formula is CH5ClKO4P. The van der Waals surface area contributed by atoms with Gasteiger partial charge in [-0.1, -0.05) is 0 Å². The van der Waals surface area contributed by atoms with E-state index in [2.05, 4.69) is 0 Å². The molecule has 0 rings (SSSR count). The van der Waals surface area contributed by atoms with E-state index in [-0.39, 0.29) is 0 Å². The van der Waals surface area contributed by atoms with Crippen molar-refractivity contribution in [2.45, 2.75) is 0 Å². The third kappa shape index (κ3) is 96.0. The summed E-state index contributed by atoms with van der Waals surface area (Å²) in [5.74, 6) is 0. The molecule has 8 heavy (non-hydrogen) atoms. The van der Waals surface area contributed by atoms with Gasteiger partial charge in [-0.25, -0.2) is 4.57 Å². The van der Waals surface area contributed by atoms with Crippen molar-refractivity contribution < 1.29 is 19.2 Å². The van der Waals surface area contributed by atoms with Gasteiger partial charge in [0.05, 0.1) is 0 Å². The zero-order chi connectivity index (χ0) is 7.21. The van der Waals surface area contributed by atoms with E-state index in [0.717, 1.165) is 48.9 Å². The molecular weight excluding hydrogens is 182 g/mol. The van der Waals surface area contributed by atoms with Crippen molar-refractivity contribution in [3.63, 3.8) is 0 Å². The van der Waals surface area contributed by atoms with Crippen molar-refractivity contribution in [1.82, 2.24) is 0 Å². The molecule has 3 N–H and O–H groups in total. The minimum Gasteiger partial charge on any atom is -0.303 e. The van der Waals surface area contributed by atoms with Crippen LogP contribution in [0.25, 0.3) is 0 Å². The number of alkyl halides is 1. The zero-order valence-corrected chi connectivity index (χ0v) is 9.06. The van der Waals surface area contributed by atoms with Gasteiger partial charge in [0.15, 0.2) is 0 Å². The third-order valence-electron chi connectivity index (χ3n) is 0. The van der Waals surface area contributed by atoms with Crippen LogP contribution in [0.1, 0.15) is 0 Å². The molecule has 0 saturated carbocycles. The molecule has 0 aromatic rings. The molecule has 0 bridgehead atoms. The first-order valence-corrected chi connectivity index (χ1v) is 6.06. The molecule has 4 nitrogen and oxygen atoms in total. The summed E-state index contributed by atoms with van der Waals surface area (Å²) in [7, 11) is -4.64. The number of rotatable bonds is 0. The van der Waals surface area contributed by atoms with Crippen LogP contribution >= 0.6 is 19.4 Å². The zero-order valence-electron chi connectivity index (χ0n) is 4.28. The van der Waals surface area contributed by atoms with Crippen molar-refractivity contribution >= 4 is 68.4 Å². The van der Waals surface area contributed by atoms with E-state index in [4.69, 9.17) is 30.8 Å². The molecule has 0 aliphatic carbocycles. The Morgan fingerprint density at radius 1 is 1.50 bits per heavy atom. The summed E-state index contributed by atoms with van der Waals surface area (Å²) in [6, 6.07) is 0. The van der Waals surface area contributed by atoms with Crippen LogP contribution in [0.3, 0.4) is 0 Å². The largest absolute Gasteiger partial charge is 0.466 e. The fourth-order valence-corrected chi connectivity index (χ4v) is 0. The Hall–Kier alpha value is 2.04. The summed E-state index contributed by atoms with van der Waals surface area (Å²) in [4.78, 5) is 21.6. The second-order valence-corrected chi connectivity index (χ2v) is 4.85. The Morgan fingerprint density at radius 3 is 1.50 bits per heavy atom. The molecule has 0 aliphatic rings. The number of halogens is 1. The first kappa shape index (κ1) is 12.7. The van der Waals surface area contributed by atoms with Crippen LogP contribution in [-0.2, 0) is 4.57 Å².